The van der Waals surface area contributed by atoms with Crippen LogP contribution in [0.3, 0.4) is 0 Å². The van der Waals surface area contributed by atoms with Gasteiger partial charge in [-0.25, -0.2) is 13.2 Å². The van der Waals surface area contributed by atoms with Crippen molar-refractivity contribution in [2.45, 2.75) is 10.9 Å². The van der Waals surface area contributed by atoms with Crippen molar-refractivity contribution in [3.05, 3.63) is 69.2 Å². The molecule has 2 aromatic carbocycles. The summed E-state index contributed by atoms with van der Waals surface area (Å²) in [7, 11) is -3.01. The first-order chi connectivity index (χ1) is 11.7. The van der Waals surface area contributed by atoms with E-state index in [9.17, 15) is 23.3 Å². The van der Waals surface area contributed by atoms with Crippen LogP contribution < -0.4 is 4.72 Å². The molecule has 25 heavy (non-hydrogen) atoms. The second-order valence-electron chi connectivity index (χ2n) is 4.88. The first kappa shape index (κ1) is 18.8. The first-order valence-corrected chi connectivity index (χ1v) is 8.71. The van der Waals surface area contributed by atoms with E-state index in [1.807, 2.05) is 0 Å². The number of sulfonamides is 1. The lowest BCUT2D eigenvalue weighted by Gasteiger charge is -2.17. The third kappa shape index (κ3) is 4.53. The molecule has 2 aromatic rings. The van der Waals surface area contributed by atoms with Gasteiger partial charge in [-0.2, -0.15) is 4.72 Å². The molecule has 0 aliphatic rings. The Labute approximate surface area is 148 Å². The third-order valence-electron chi connectivity index (χ3n) is 3.25. The van der Waals surface area contributed by atoms with Gasteiger partial charge in [-0.1, -0.05) is 23.7 Å². The molecule has 0 fully saturated rings. The molecule has 2 rings (SSSR count). The number of rotatable bonds is 6. The fraction of sp³-hybridized carbons (Fsp3) is 0.133. The Morgan fingerprint density at radius 3 is 2.40 bits per heavy atom. The predicted octanol–water partition coefficient (Wildman–Crippen LogP) is 2.44. The molecule has 132 valence electrons. The summed E-state index contributed by atoms with van der Waals surface area (Å²) in [4.78, 5) is 21.8. The van der Waals surface area contributed by atoms with Crippen LogP contribution in [0.5, 0.6) is 0 Å². The number of non-ortho nitro benzene ring substituents is 1. The molecule has 0 radical (unpaired) electrons. The van der Waals surface area contributed by atoms with Crippen LogP contribution >= 0.6 is 11.6 Å². The summed E-state index contributed by atoms with van der Waals surface area (Å²) in [5, 5.41) is 11.0. The number of halogens is 1. The molecule has 8 nitrogen and oxygen atoms in total. The SMILES string of the molecule is COC(=O)[C@H](NS(=O)(=O)c1ccc([N+](=O)[O-])cc1)c1cccc(Cl)c1. The molecule has 0 amide bonds. The monoisotopic (exact) mass is 384 g/mol. The van der Waals surface area contributed by atoms with E-state index in [1.165, 1.54) is 12.1 Å². The van der Waals surface area contributed by atoms with Crippen molar-refractivity contribution in [2.24, 2.45) is 0 Å². The van der Waals surface area contributed by atoms with Gasteiger partial charge in [0.25, 0.3) is 5.69 Å². The number of nitro benzene ring substituents is 1. The number of benzene rings is 2. The molecular weight excluding hydrogens is 372 g/mol. The molecule has 0 saturated heterocycles. The number of nitrogens with zero attached hydrogens (tertiary/aromatic N) is 1. The number of esters is 1. The van der Waals surface area contributed by atoms with Crippen LogP contribution in [0, 0.1) is 10.1 Å². The van der Waals surface area contributed by atoms with E-state index in [-0.39, 0.29) is 10.6 Å². The zero-order valence-electron chi connectivity index (χ0n) is 12.9. The quantitative estimate of drug-likeness (QED) is 0.464. The normalized spacial score (nSPS) is 12.4. The third-order valence-corrected chi connectivity index (χ3v) is 4.92. The van der Waals surface area contributed by atoms with Gasteiger partial charge in [-0.15, -0.1) is 0 Å². The molecular formula is C15H13ClN2O6S. The molecule has 10 heteroatoms. The van der Waals surface area contributed by atoms with Gasteiger partial charge in [0.1, 0.15) is 6.04 Å². The van der Waals surface area contributed by atoms with Gasteiger partial charge in [-0.3, -0.25) is 10.1 Å². The van der Waals surface area contributed by atoms with Crippen LogP contribution in [-0.2, 0) is 19.6 Å². The number of methoxy groups -OCH3 is 1. The zero-order valence-corrected chi connectivity index (χ0v) is 14.5. The topological polar surface area (TPSA) is 116 Å². The Hall–Kier alpha value is -2.49. The van der Waals surface area contributed by atoms with E-state index in [1.54, 1.807) is 12.1 Å². The van der Waals surface area contributed by atoms with Gasteiger partial charge in [0, 0.05) is 17.2 Å². The fourth-order valence-electron chi connectivity index (χ4n) is 2.03. The first-order valence-electron chi connectivity index (χ1n) is 6.84. The predicted molar refractivity (Wildman–Crippen MR) is 89.6 cm³/mol. The van der Waals surface area contributed by atoms with E-state index in [0.717, 1.165) is 31.4 Å². The van der Waals surface area contributed by atoms with Crippen LogP contribution in [0.25, 0.3) is 0 Å². The summed E-state index contributed by atoms with van der Waals surface area (Å²) in [5.74, 6) is -0.826. The zero-order chi connectivity index (χ0) is 18.6. The van der Waals surface area contributed by atoms with Crippen molar-refractivity contribution in [3.8, 4) is 0 Å². The summed E-state index contributed by atoms with van der Waals surface area (Å²) in [6, 6.07) is 9.04. The molecule has 0 unspecified atom stereocenters. The van der Waals surface area contributed by atoms with Crippen molar-refractivity contribution in [1.29, 1.82) is 0 Å². The fourth-order valence-corrected chi connectivity index (χ4v) is 3.40. The molecule has 0 spiro atoms. The lowest BCUT2D eigenvalue weighted by atomic mass is 10.1. The maximum atomic E-state index is 12.5. The summed E-state index contributed by atoms with van der Waals surface area (Å²) in [6.07, 6.45) is 0. The highest BCUT2D eigenvalue weighted by molar-refractivity contribution is 7.89. The minimum absolute atomic E-state index is 0.228. The Morgan fingerprint density at radius 2 is 1.88 bits per heavy atom. The minimum atomic E-state index is -4.13. The van der Waals surface area contributed by atoms with E-state index in [4.69, 9.17) is 11.6 Å². The Bertz CT molecular complexity index is 898. The Balaban J connectivity index is 2.36. The van der Waals surface area contributed by atoms with E-state index in [0.29, 0.717) is 10.6 Å². The van der Waals surface area contributed by atoms with Crippen molar-refractivity contribution >= 4 is 33.3 Å². The van der Waals surface area contributed by atoms with Gasteiger partial charge in [-0.05, 0) is 29.8 Å². The summed E-state index contributed by atoms with van der Waals surface area (Å²) >= 11 is 5.88. The lowest BCUT2D eigenvalue weighted by molar-refractivity contribution is -0.384. The molecule has 0 heterocycles. The number of ether oxygens (including phenoxy) is 1. The summed E-state index contributed by atoms with van der Waals surface area (Å²) < 4.78 is 31.8. The number of nitrogens with one attached hydrogen (secondary N) is 1. The maximum absolute atomic E-state index is 12.5. The number of hydrogen-bond acceptors (Lipinski definition) is 6. The average molecular weight is 385 g/mol. The van der Waals surface area contributed by atoms with Crippen molar-refractivity contribution in [1.82, 2.24) is 4.72 Å². The second kappa shape index (κ2) is 7.60. The summed E-state index contributed by atoms with van der Waals surface area (Å²) in [6.45, 7) is 0. The van der Waals surface area contributed by atoms with Crippen LogP contribution in [-0.4, -0.2) is 26.4 Å². The largest absolute Gasteiger partial charge is 0.468 e. The average Bonchev–Trinajstić information content (AvgIpc) is 2.59. The van der Waals surface area contributed by atoms with Crippen LogP contribution in [0.15, 0.2) is 53.4 Å². The smallest absolute Gasteiger partial charge is 0.328 e. The lowest BCUT2D eigenvalue weighted by Crippen LogP contribution is -2.34. The highest BCUT2D eigenvalue weighted by Gasteiger charge is 2.28. The number of hydrogen-bond donors (Lipinski definition) is 1. The molecule has 0 saturated carbocycles. The summed E-state index contributed by atoms with van der Waals surface area (Å²) in [5.41, 5.74) is 0.0446. The maximum Gasteiger partial charge on any atom is 0.328 e. The molecule has 0 bridgehead atoms. The molecule has 0 aliphatic carbocycles. The molecule has 1 atom stereocenters. The number of nitro groups is 1. The molecule has 0 aromatic heterocycles. The molecule has 1 N–H and O–H groups in total. The van der Waals surface area contributed by atoms with Crippen molar-refractivity contribution < 1.29 is 22.9 Å². The highest BCUT2D eigenvalue weighted by atomic mass is 35.5. The van der Waals surface area contributed by atoms with Gasteiger partial charge in [0.2, 0.25) is 10.0 Å². The van der Waals surface area contributed by atoms with Gasteiger partial charge in [0.05, 0.1) is 16.9 Å². The highest BCUT2D eigenvalue weighted by Crippen LogP contribution is 2.22. The molecule has 0 aliphatic heterocycles. The van der Waals surface area contributed by atoms with Gasteiger partial charge < -0.3 is 4.74 Å². The number of carbonyl (C=O) groups excluding carboxylic acids is 1. The Kier molecular flexibility index (Phi) is 5.73. The van der Waals surface area contributed by atoms with Gasteiger partial charge >= 0.3 is 5.97 Å². The van der Waals surface area contributed by atoms with E-state index >= 15 is 0 Å². The van der Waals surface area contributed by atoms with Crippen molar-refractivity contribution in [2.75, 3.05) is 7.11 Å². The van der Waals surface area contributed by atoms with E-state index < -0.39 is 27.0 Å². The van der Waals surface area contributed by atoms with Crippen LogP contribution in [0.2, 0.25) is 5.02 Å². The van der Waals surface area contributed by atoms with Gasteiger partial charge in [0.15, 0.2) is 0 Å². The van der Waals surface area contributed by atoms with Crippen LogP contribution in [0.4, 0.5) is 5.69 Å². The Morgan fingerprint density at radius 1 is 1.24 bits per heavy atom. The van der Waals surface area contributed by atoms with Crippen molar-refractivity contribution in [3.63, 3.8) is 0 Å². The standard InChI is InChI=1S/C15H13ClN2O6S/c1-24-15(19)14(10-3-2-4-11(16)9-10)17-25(22,23)13-7-5-12(6-8-13)18(20)21/h2-9,14,17H,1H3/t14-/m1/s1. The second-order valence-corrected chi connectivity index (χ2v) is 7.03. The van der Waals surface area contributed by atoms with Crippen LogP contribution in [0.1, 0.15) is 11.6 Å². The minimum Gasteiger partial charge on any atom is -0.468 e. The number of carbonyl (C=O) groups is 1. The van der Waals surface area contributed by atoms with E-state index in [2.05, 4.69) is 9.46 Å².